The molecule has 1 fully saturated rings. The molecular weight excluding hydrogens is 783 g/mol. The van der Waals surface area contributed by atoms with Crippen molar-refractivity contribution in [3.8, 4) is 6.07 Å². The first kappa shape index (κ1) is 52.5. The highest BCUT2D eigenvalue weighted by molar-refractivity contribution is 5.97. The normalized spacial score (nSPS) is 18.4. The molecule has 17 heteroatoms. The van der Waals surface area contributed by atoms with Gasteiger partial charge in [-0.2, -0.15) is 5.26 Å². The number of hydrogen-bond donors (Lipinski definition) is 5. The number of methoxy groups -OCH3 is 2. The van der Waals surface area contributed by atoms with Crippen LogP contribution in [0.2, 0.25) is 0 Å². The Morgan fingerprint density at radius 3 is 2.18 bits per heavy atom. The molecule has 6 amide bonds. The maximum absolute atomic E-state index is 14.2. The number of nitrogens with two attached hydrogens (primary N) is 1. The fraction of sp³-hybridized carbons (Fsp3) is 0.705. The van der Waals surface area contributed by atoms with Crippen molar-refractivity contribution in [2.24, 2.45) is 23.5 Å². The number of carbonyl (C=O) groups excluding carboxylic acids is 6. The Bertz CT molecular complexity index is 1670. The van der Waals surface area contributed by atoms with Gasteiger partial charge in [0.15, 0.2) is 0 Å². The van der Waals surface area contributed by atoms with Crippen LogP contribution in [0.5, 0.6) is 0 Å². The molecule has 2 rings (SSSR count). The Morgan fingerprint density at radius 1 is 0.951 bits per heavy atom. The largest absolute Gasteiger partial charge is 0.379 e. The van der Waals surface area contributed by atoms with Crippen LogP contribution in [0.4, 0.5) is 5.69 Å². The molecule has 1 aliphatic rings. The molecule has 10 atom stereocenters. The third-order valence-electron chi connectivity index (χ3n) is 11.5. The number of nitrogens with one attached hydrogen (secondary N) is 4. The highest BCUT2D eigenvalue weighted by atomic mass is 16.5. The van der Waals surface area contributed by atoms with Gasteiger partial charge in [0.2, 0.25) is 35.4 Å². The van der Waals surface area contributed by atoms with E-state index in [1.165, 1.54) is 21.1 Å². The molecule has 1 aliphatic heterocycles. The van der Waals surface area contributed by atoms with Gasteiger partial charge in [0.1, 0.15) is 12.1 Å². The van der Waals surface area contributed by atoms with Crippen molar-refractivity contribution < 1.29 is 38.2 Å². The van der Waals surface area contributed by atoms with E-state index in [0.29, 0.717) is 37.9 Å². The number of likely N-dealkylation sites (N-methyl/N-ethyl adjacent to an activating group) is 2. The van der Waals surface area contributed by atoms with Crippen molar-refractivity contribution in [2.75, 3.05) is 53.8 Å². The standard InChI is InChI=1S/C44H73N9O8/c1-13-27(4)39(52(10)44(59)38(26(2)3)50-36(54)25-51(8)9)35(60-11)24-37(55)53-21-15-18-34(53)40(61-12)28(5)41(56)48-33(19-20-45)23-31-16-14-17-32(22-31)49-43(58)30(7)47-42(57)29(6)46/h14,16-17,22,26-30,33-35,38-40H,13,15,18-19,21,23-25,46H2,1-12H3,(H,47,57)(H,48,56)(H,49,58)(H,50,54)/t27-,28+,29-,30-,33+,34-,35+,38?,39-,40+/m0/s1. The fourth-order valence-electron chi connectivity index (χ4n) is 7.88. The van der Waals surface area contributed by atoms with Gasteiger partial charge < -0.3 is 51.2 Å². The third kappa shape index (κ3) is 15.7. The topological polar surface area (TPSA) is 229 Å². The monoisotopic (exact) mass is 856 g/mol. The van der Waals surface area contributed by atoms with Crippen molar-refractivity contribution in [1.82, 2.24) is 30.7 Å². The molecule has 0 bridgehead atoms. The van der Waals surface area contributed by atoms with Crippen LogP contribution in [0.1, 0.15) is 86.1 Å². The molecule has 0 aliphatic carbocycles. The maximum Gasteiger partial charge on any atom is 0.246 e. The van der Waals surface area contributed by atoms with Crippen LogP contribution in [-0.2, 0) is 44.7 Å². The van der Waals surface area contributed by atoms with Crippen molar-refractivity contribution in [3.63, 3.8) is 0 Å². The van der Waals surface area contributed by atoms with E-state index in [1.54, 1.807) is 67.9 Å². The predicted octanol–water partition coefficient (Wildman–Crippen LogP) is 2.04. The maximum atomic E-state index is 14.2. The summed E-state index contributed by atoms with van der Waals surface area (Å²) in [6.45, 7) is 13.2. The van der Waals surface area contributed by atoms with Crippen molar-refractivity contribution in [1.29, 1.82) is 5.26 Å². The molecule has 61 heavy (non-hydrogen) atoms. The van der Waals surface area contributed by atoms with E-state index in [9.17, 15) is 34.0 Å². The predicted molar refractivity (Wildman–Crippen MR) is 234 cm³/mol. The Kier molecular flexibility index (Phi) is 21.8. The minimum atomic E-state index is -0.827. The lowest BCUT2D eigenvalue weighted by Crippen LogP contribution is -2.58. The van der Waals surface area contributed by atoms with Crippen LogP contribution in [-0.4, -0.2) is 147 Å². The number of likely N-dealkylation sites (tertiary alicyclic amines) is 1. The number of carbonyl (C=O) groups is 6. The molecule has 1 aromatic carbocycles. The molecule has 0 spiro atoms. The summed E-state index contributed by atoms with van der Waals surface area (Å²) in [5, 5.41) is 20.9. The summed E-state index contributed by atoms with van der Waals surface area (Å²) in [4.78, 5) is 84.7. The van der Waals surface area contributed by atoms with Gasteiger partial charge in [-0.05, 0) is 76.7 Å². The molecule has 17 nitrogen and oxygen atoms in total. The molecular formula is C44H73N9O8. The van der Waals surface area contributed by atoms with E-state index in [-0.39, 0.29) is 54.9 Å². The zero-order valence-corrected chi connectivity index (χ0v) is 38.4. The lowest BCUT2D eigenvalue weighted by atomic mass is 9.89. The third-order valence-corrected chi connectivity index (χ3v) is 11.5. The summed E-state index contributed by atoms with van der Waals surface area (Å²) in [6, 6.07) is 5.37. The van der Waals surface area contributed by atoms with Crippen molar-refractivity contribution >= 4 is 41.1 Å². The van der Waals surface area contributed by atoms with Gasteiger partial charge in [0.05, 0.1) is 61.7 Å². The van der Waals surface area contributed by atoms with Gasteiger partial charge in [0.25, 0.3) is 0 Å². The van der Waals surface area contributed by atoms with Gasteiger partial charge in [-0.3, -0.25) is 28.8 Å². The van der Waals surface area contributed by atoms with Crippen LogP contribution in [0.25, 0.3) is 0 Å². The molecule has 1 aromatic rings. The number of ether oxygens (including phenoxy) is 2. The van der Waals surface area contributed by atoms with Crippen molar-refractivity contribution in [2.45, 2.75) is 135 Å². The Labute approximate surface area is 363 Å². The molecule has 342 valence electrons. The van der Waals surface area contributed by atoms with Crippen molar-refractivity contribution in [3.05, 3.63) is 29.8 Å². The number of amides is 6. The number of anilines is 1. The summed E-state index contributed by atoms with van der Waals surface area (Å²) in [6.07, 6.45) is 1.02. The van der Waals surface area contributed by atoms with Gasteiger partial charge in [-0.1, -0.05) is 53.2 Å². The molecule has 0 radical (unpaired) electrons. The van der Waals surface area contributed by atoms with Crippen LogP contribution >= 0.6 is 0 Å². The van der Waals surface area contributed by atoms with Crippen LogP contribution in [0.15, 0.2) is 24.3 Å². The van der Waals surface area contributed by atoms with Gasteiger partial charge in [0, 0.05) is 39.5 Å². The van der Waals surface area contributed by atoms with Gasteiger partial charge >= 0.3 is 0 Å². The SMILES string of the molecule is CC[C@H](C)[C@@H]([C@@H](CC(=O)N1CCC[C@H]1[C@H](OC)[C@@H](C)C(=O)N[C@H](CC#N)Cc1cccc(NC(=O)[C@H](C)NC(=O)[C@H](C)N)c1)OC)N(C)C(=O)C(NC(=O)CN(C)C)C(C)C. The first-order valence-corrected chi connectivity index (χ1v) is 21.4. The average Bonchev–Trinajstić information content (AvgIpc) is 3.68. The molecule has 6 N–H and O–H groups in total. The molecule has 0 saturated carbocycles. The smallest absolute Gasteiger partial charge is 0.246 e. The number of hydrogen-bond acceptors (Lipinski definition) is 11. The van der Waals surface area contributed by atoms with Crippen LogP contribution in [0, 0.1) is 29.1 Å². The summed E-state index contributed by atoms with van der Waals surface area (Å²) < 4.78 is 12.0. The Morgan fingerprint density at radius 2 is 1.62 bits per heavy atom. The minimum Gasteiger partial charge on any atom is -0.379 e. The van der Waals surface area contributed by atoms with E-state index in [2.05, 4.69) is 27.3 Å². The summed E-state index contributed by atoms with van der Waals surface area (Å²) >= 11 is 0. The van der Waals surface area contributed by atoms with Crippen LogP contribution in [0.3, 0.4) is 0 Å². The fourth-order valence-corrected chi connectivity index (χ4v) is 7.88. The van der Waals surface area contributed by atoms with Gasteiger partial charge in [-0.15, -0.1) is 0 Å². The number of benzene rings is 1. The zero-order valence-electron chi connectivity index (χ0n) is 38.4. The number of nitriles is 1. The summed E-state index contributed by atoms with van der Waals surface area (Å²) in [5.41, 5.74) is 6.85. The molecule has 1 saturated heterocycles. The second kappa shape index (κ2) is 25.3. The summed E-state index contributed by atoms with van der Waals surface area (Å²) in [5.74, 6) is -2.85. The van der Waals surface area contributed by atoms with E-state index < -0.39 is 66.2 Å². The quantitative estimate of drug-likeness (QED) is 0.101. The minimum absolute atomic E-state index is 0.0137. The number of rotatable bonds is 24. The molecule has 0 aromatic heterocycles. The second-order valence-corrected chi connectivity index (χ2v) is 17.1. The molecule has 1 unspecified atom stereocenters. The van der Waals surface area contributed by atoms with E-state index in [0.717, 1.165) is 5.56 Å². The second-order valence-electron chi connectivity index (χ2n) is 17.1. The van der Waals surface area contributed by atoms with E-state index >= 15 is 0 Å². The number of nitrogens with zero attached hydrogens (tertiary/aromatic N) is 4. The van der Waals surface area contributed by atoms with Crippen LogP contribution < -0.4 is 27.0 Å². The first-order valence-electron chi connectivity index (χ1n) is 21.4. The van der Waals surface area contributed by atoms with E-state index in [4.69, 9.17) is 15.2 Å². The lowest BCUT2D eigenvalue weighted by molar-refractivity contribution is -0.147. The van der Waals surface area contributed by atoms with E-state index in [1.807, 2.05) is 33.8 Å². The average molecular weight is 856 g/mol. The zero-order chi connectivity index (χ0) is 46.1. The highest BCUT2D eigenvalue weighted by Crippen LogP contribution is 2.30. The Hall–Kier alpha value is -4.63. The Balaban J connectivity index is 2.22. The first-order chi connectivity index (χ1) is 28.7. The highest BCUT2D eigenvalue weighted by Gasteiger charge is 2.43. The lowest BCUT2D eigenvalue weighted by Gasteiger charge is -2.41. The summed E-state index contributed by atoms with van der Waals surface area (Å²) in [7, 11) is 8.32. The molecule has 1 heterocycles. The van der Waals surface area contributed by atoms with Gasteiger partial charge in [-0.25, -0.2) is 0 Å².